The van der Waals surface area contributed by atoms with Crippen LogP contribution in [-0.4, -0.2) is 22.6 Å². The fourth-order valence-corrected chi connectivity index (χ4v) is 3.23. The molecule has 0 saturated heterocycles. The van der Waals surface area contributed by atoms with E-state index in [-0.39, 0.29) is 0 Å². The predicted octanol–water partition coefficient (Wildman–Crippen LogP) is 4.50. The maximum atomic E-state index is 5.86. The summed E-state index contributed by atoms with van der Waals surface area (Å²) in [6.45, 7) is 4.00. The van der Waals surface area contributed by atoms with Gasteiger partial charge >= 0.3 is 0 Å². The van der Waals surface area contributed by atoms with E-state index < -0.39 is 0 Å². The Morgan fingerprint density at radius 1 is 1.39 bits per heavy atom. The van der Waals surface area contributed by atoms with Gasteiger partial charge in [-0.3, -0.25) is 0 Å². The third-order valence-electron chi connectivity index (χ3n) is 2.56. The van der Waals surface area contributed by atoms with E-state index >= 15 is 0 Å². The molecule has 5 heteroatoms. The van der Waals surface area contributed by atoms with E-state index in [4.69, 9.17) is 11.6 Å². The second kappa shape index (κ2) is 6.64. The molecule has 1 aliphatic rings. The number of nitrogens with zero attached hydrogens (tertiary/aromatic N) is 2. The first kappa shape index (κ1) is 14.0. The highest BCUT2D eigenvalue weighted by atomic mass is 79.9. The van der Waals surface area contributed by atoms with Crippen LogP contribution in [0.3, 0.4) is 0 Å². The minimum Gasteiger partial charge on any atom is -0.369 e. The highest BCUT2D eigenvalue weighted by molar-refractivity contribution is 9.18. The topological polar surface area (TPSA) is 15.6 Å². The van der Waals surface area contributed by atoms with E-state index in [0.29, 0.717) is 0 Å². The molecule has 1 aliphatic heterocycles. The molecule has 0 aromatic heterocycles. The molecule has 0 aliphatic carbocycles. The molecule has 0 N–H and O–H groups in total. The van der Waals surface area contributed by atoms with Crippen molar-refractivity contribution in [2.45, 2.75) is 12.7 Å². The Bertz CT molecular complexity index is 470. The van der Waals surface area contributed by atoms with Crippen molar-refractivity contribution in [2.75, 3.05) is 13.1 Å². The number of hydrogen-bond acceptors (Lipinski definition) is 3. The van der Waals surface area contributed by atoms with Crippen LogP contribution in [-0.2, 0) is 5.75 Å². The van der Waals surface area contributed by atoms with Crippen LogP contribution in [0.15, 0.2) is 40.5 Å². The van der Waals surface area contributed by atoms with Crippen molar-refractivity contribution < 1.29 is 0 Å². The highest BCUT2D eigenvalue weighted by Crippen LogP contribution is 2.26. The largest absolute Gasteiger partial charge is 0.369 e. The first-order valence-corrected chi connectivity index (χ1v) is 7.89. The third kappa shape index (κ3) is 4.04. The summed E-state index contributed by atoms with van der Waals surface area (Å²) in [5.41, 5.74) is 1.25. The van der Waals surface area contributed by atoms with Gasteiger partial charge < -0.3 is 4.90 Å². The summed E-state index contributed by atoms with van der Waals surface area (Å²) in [4.78, 5) is 6.74. The predicted molar refractivity (Wildman–Crippen MR) is 84.4 cm³/mol. The molecule has 18 heavy (non-hydrogen) atoms. The molecule has 0 amide bonds. The van der Waals surface area contributed by atoms with Crippen LogP contribution in [0.25, 0.3) is 0 Å². The Morgan fingerprint density at radius 3 is 2.78 bits per heavy atom. The minimum atomic E-state index is 0.776. The first-order valence-electron chi connectivity index (χ1n) is 5.73. The van der Waals surface area contributed by atoms with Crippen LogP contribution in [0.4, 0.5) is 0 Å². The van der Waals surface area contributed by atoms with E-state index in [1.165, 1.54) is 5.56 Å². The van der Waals surface area contributed by atoms with Crippen LogP contribution in [0.1, 0.15) is 12.5 Å². The Kier molecular flexibility index (Phi) is 5.15. The van der Waals surface area contributed by atoms with Gasteiger partial charge in [-0.05, 0) is 40.5 Å². The molecule has 0 spiro atoms. The zero-order chi connectivity index (χ0) is 13.0. The molecule has 0 radical (unpaired) electrons. The second-order valence-corrected chi connectivity index (χ2v) is 6.28. The lowest BCUT2D eigenvalue weighted by molar-refractivity contribution is 0.447. The average Bonchev–Trinajstić information content (AvgIpc) is 2.37. The molecule has 1 aromatic rings. The van der Waals surface area contributed by atoms with Crippen LogP contribution in [0, 0.1) is 0 Å². The van der Waals surface area contributed by atoms with E-state index in [0.717, 1.165) is 33.5 Å². The smallest absolute Gasteiger partial charge is 0.113 e. The van der Waals surface area contributed by atoms with Gasteiger partial charge in [-0.25, -0.2) is 4.99 Å². The van der Waals surface area contributed by atoms with Crippen LogP contribution in [0.5, 0.6) is 0 Å². The van der Waals surface area contributed by atoms with Gasteiger partial charge in [0.15, 0.2) is 0 Å². The Labute approximate surface area is 125 Å². The Morgan fingerprint density at radius 2 is 2.11 bits per heavy atom. The quantitative estimate of drug-likeness (QED) is 0.798. The number of rotatable bonds is 4. The lowest BCUT2D eigenvalue weighted by Gasteiger charge is -2.22. The van der Waals surface area contributed by atoms with Crippen molar-refractivity contribution in [2.24, 2.45) is 4.99 Å². The lowest BCUT2D eigenvalue weighted by atomic mass is 10.2. The molecule has 1 aromatic carbocycles. The maximum absolute atomic E-state index is 5.86. The molecular formula is C13H14BrClN2S. The SMILES string of the molecule is CCN1C=C(SCc2ccc(Cl)cc2)N=C(Br)C1. The fourth-order valence-electron chi connectivity index (χ4n) is 1.56. The first-order chi connectivity index (χ1) is 8.67. The summed E-state index contributed by atoms with van der Waals surface area (Å²) in [6.07, 6.45) is 2.12. The van der Waals surface area contributed by atoms with Gasteiger partial charge in [0.25, 0.3) is 0 Å². The molecule has 0 unspecified atom stereocenters. The van der Waals surface area contributed by atoms with E-state index in [9.17, 15) is 0 Å². The number of halogens is 2. The van der Waals surface area contributed by atoms with Crippen molar-refractivity contribution in [3.63, 3.8) is 0 Å². The van der Waals surface area contributed by atoms with Gasteiger partial charge in [-0.15, -0.1) is 11.8 Å². The van der Waals surface area contributed by atoms with Gasteiger partial charge in [0.05, 0.1) is 6.54 Å². The molecule has 0 saturated carbocycles. The van der Waals surface area contributed by atoms with Gasteiger partial charge in [-0.2, -0.15) is 0 Å². The molecule has 2 nitrogen and oxygen atoms in total. The molecular weight excluding hydrogens is 332 g/mol. The summed E-state index contributed by atoms with van der Waals surface area (Å²) in [5, 5.41) is 1.82. The summed E-state index contributed by atoms with van der Waals surface area (Å²) in [6, 6.07) is 7.94. The van der Waals surface area contributed by atoms with E-state index in [1.54, 1.807) is 11.8 Å². The zero-order valence-electron chi connectivity index (χ0n) is 10.1. The van der Waals surface area contributed by atoms with Crippen LogP contribution in [0.2, 0.25) is 5.02 Å². The molecule has 0 atom stereocenters. The van der Waals surface area contributed by atoms with Gasteiger partial charge in [0, 0.05) is 23.5 Å². The standard InChI is InChI=1S/C13H14BrClN2S/c1-2-17-7-12(14)16-13(8-17)18-9-10-3-5-11(15)6-4-10/h3-6,8H,2,7,9H2,1H3. The molecule has 96 valence electrons. The fraction of sp³-hybridized carbons (Fsp3) is 0.308. The van der Waals surface area contributed by atoms with Crippen molar-refractivity contribution >= 4 is 43.9 Å². The maximum Gasteiger partial charge on any atom is 0.113 e. The van der Waals surface area contributed by atoms with Crippen molar-refractivity contribution in [3.8, 4) is 0 Å². The normalized spacial score (nSPS) is 15.4. The van der Waals surface area contributed by atoms with E-state index in [2.05, 4.69) is 51.1 Å². The minimum absolute atomic E-state index is 0.776. The van der Waals surface area contributed by atoms with Crippen LogP contribution >= 0.6 is 39.3 Å². The Hall–Kier alpha value is -0.450. The van der Waals surface area contributed by atoms with Gasteiger partial charge in [0.2, 0.25) is 0 Å². The zero-order valence-corrected chi connectivity index (χ0v) is 13.2. The lowest BCUT2D eigenvalue weighted by Crippen LogP contribution is -2.25. The summed E-state index contributed by atoms with van der Waals surface area (Å²) >= 11 is 11.1. The van der Waals surface area contributed by atoms with E-state index in [1.807, 2.05) is 12.1 Å². The second-order valence-electron chi connectivity index (χ2n) is 3.93. The number of aliphatic imine (C=N–C) groups is 1. The molecule has 0 bridgehead atoms. The summed E-state index contributed by atoms with van der Waals surface area (Å²) < 4.78 is 0.991. The number of hydrogen-bond donors (Lipinski definition) is 0. The molecule has 1 heterocycles. The van der Waals surface area contributed by atoms with Crippen molar-refractivity contribution in [1.29, 1.82) is 0 Å². The highest BCUT2D eigenvalue weighted by Gasteiger charge is 2.10. The average molecular weight is 346 g/mol. The summed E-state index contributed by atoms with van der Waals surface area (Å²) in [7, 11) is 0. The van der Waals surface area contributed by atoms with Gasteiger partial charge in [-0.1, -0.05) is 23.7 Å². The Balaban J connectivity index is 1.97. The van der Waals surface area contributed by atoms with Gasteiger partial charge in [0.1, 0.15) is 9.65 Å². The number of benzene rings is 1. The molecule has 0 fully saturated rings. The third-order valence-corrected chi connectivity index (χ3v) is 4.21. The summed E-state index contributed by atoms with van der Waals surface area (Å²) in [5.74, 6) is 0.907. The number of thioether (sulfide) groups is 1. The van der Waals surface area contributed by atoms with Crippen LogP contribution < -0.4 is 0 Å². The van der Waals surface area contributed by atoms with Crippen molar-refractivity contribution in [3.05, 3.63) is 46.1 Å². The van der Waals surface area contributed by atoms with Crippen molar-refractivity contribution in [1.82, 2.24) is 4.90 Å². The molecule has 2 rings (SSSR count). The monoisotopic (exact) mass is 344 g/mol.